The summed E-state index contributed by atoms with van der Waals surface area (Å²) in [5.41, 5.74) is 0.576. The van der Waals surface area contributed by atoms with Crippen molar-refractivity contribution in [3.05, 3.63) is 35.8 Å². The number of hydrogen-bond acceptors (Lipinski definition) is 2. The maximum absolute atomic E-state index is 9.66. The average molecular weight is 177 g/mol. The van der Waals surface area contributed by atoms with Gasteiger partial charge in [-0.15, -0.1) is 0 Å². The Bertz CT molecular complexity index is 296. The Morgan fingerprint density at radius 3 is 2.54 bits per heavy atom. The Hall–Kier alpha value is -1.31. The second kappa shape index (κ2) is 3.60. The van der Waals surface area contributed by atoms with Crippen molar-refractivity contribution in [2.75, 3.05) is 0 Å². The molecule has 0 spiro atoms. The van der Waals surface area contributed by atoms with Crippen LogP contribution in [0.5, 0.6) is 0 Å². The lowest BCUT2D eigenvalue weighted by atomic mass is 9.93. The van der Waals surface area contributed by atoms with E-state index in [1.54, 1.807) is 12.3 Å². The van der Waals surface area contributed by atoms with Crippen LogP contribution in [0.15, 0.2) is 30.2 Å². The number of aliphatic hydroxyl groups is 1. The Morgan fingerprint density at radius 2 is 2.08 bits per heavy atom. The molecule has 1 N–H and O–H groups in total. The van der Waals surface area contributed by atoms with Gasteiger partial charge in [-0.05, 0) is 12.1 Å². The largest absolute Gasteiger partial charge is 0.512 e. The van der Waals surface area contributed by atoms with Crippen LogP contribution in [-0.2, 0) is 0 Å². The highest BCUT2D eigenvalue weighted by atomic mass is 16.3. The molecule has 2 heteroatoms. The fraction of sp³-hybridized carbons (Fsp3) is 0.364. The molecule has 0 saturated carbocycles. The van der Waals surface area contributed by atoms with Gasteiger partial charge < -0.3 is 5.11 Å². The van der Waals surface area contributed by atoms with Crippen molar-refractivity contribution in [1.82, 2.24) is 4.98 Å². The van der Waals surface area contributed by atoms with Crippen LogP contribution >= 0.6 is 0 Å². The zero-order valence-corrected chi connectivity index (χ0v) is 8.28. The molecule has 0 amide bonds. The minimum absolute atomic E-state index is 0.211. The normalized spacial score (nSPS) is 13.0. The number of pyridine rings is 1. The van der Waals surface area contributed by atoms with Gasteiger partial charge in [0.1, 0.15) is 0 Å². The molecule has 2 nitrogen and oxygen atoms in total. The second-order valence-corrected chi connectivity index (χ2v) is 4.03. The van der Waals surface area contributed by atoms with Gasteiger partial charge in [-0.25, -0.2) is 0 Å². The number of allylic oxidation sites excluding steroid dienone is 1. The third kappa shape index (κ3) is 2.90. The fourth-order valence-corrected chi connectivity index (χ4v) is 0.818. The van der Waals surface area contributed by atoms with E-state index in [1.165, 1.54) is 0 Å². The van der Waals surface area contributed by atoms with Crippen molar-refractivity contribution in [2.24, 2.45) is 5.41 Å². The van der Waals surface area contributed by atoms with E-state index in [1.807, 2.05) is 39.0 Å². The molecule has 1 aromatic heterocycles. The van der Waals surface area contributed by atoms with E-state index in [0.29, 0.717) is 5.76 Å². The summed E-state index contributed by atoms with van der Waals surface area (Å²) < 4.78 is 0. The van der Waals surface area contributed by atoms with Gasteiger partial charge in [-0.1, -0.05) is 26.8 Å². The topological polar surface area (TPSA) is 33.1 Å². The zero-order chi connectivity index (χ0) is 9.90. The van der Waals surface area contributed by atoms with E-state index < -0.39 is 0 Å². The number of nitrogens with zero attached hydrogens (tertiary/aromatic N) is 1. The molecule has 70 valence electrons. The first-order valence-electron chi connectivity index (χ1n) is 4.32. The summed E-state index contributed by atoms with van der Waals surface area (Å²) in [5, 5.41) is 9.66. The first-order chi connectivity index (χ1) is 6.00. The SMILES string of the molecule is CC(C)(C)/C(O)=C/c1ccccn1. The van der Waals surface area contributed by atoms with Gasteiger partial charge in [0.2, 0.25) is 0 Å². The highest BCUT2D eigenvalue weighted by Crippen LogP contribution is 2.23. The molecule has 0 fully saturated rings. The van der Waals surface area contributed by atoms with Crippen LogP contribution in [-0.4, -0.2) is 10.1 Å². The van der Waals surface area contributed by atoms with E-state index >= 15 is 0 Å². The van der Waals surface area contributed by atoms with Gasteiger partial charge in [-0.2, -0.15) is 0 Å². The molecule has 0 aliphatic heterocycles. The number of rotatable bonds is 1. The summed E-state index contributed by atoms with van der Waals surface area (Å²) in [6.45, 7) is 5.88. The van der Waals surface area contributed by atoms with E-state index in [-0.39, 0.29) is 5.41 Å². The summed E-state index contributed by atoms with van der Waals surface area (Å²) in [6.07, 6.45) is 3.40. The van der Waals surface area contributed by atoms with Gasteiger partial charge in [0, 0.05) is 17.7 Å². The molecule has 0 atom stereocenters. The molecule has 0 unspecified atom stereocenters. The van der Waals surface area contributed by atoms with Crippen molar-refractivity contribution in [3.8, 4) is 0 Å². The van der Waals surface area contributed by atoms with Gasteiger partial charge in [0.25, 0.3) is 0 Å². The first-order valence-corrected chi connectivity index (χ1v) is 4.32. The van der Waals surface area contributed by atoms with E-state index in [9.17, 15) is 5.11 Å². The highest BCUT2D eigenvalue weighted by molar-refractivity contribution is 5.47. The van der Waals surface area contributed by atoms with Crippen molar-refractivity contribution < 1.29 is 5.11 Å². The van der Waals surface area contributed by atoms with E-state index in [2.05, 4.69) is 4.98 Å². The summed E-state index contributed by atoms with van der Waals surface area (Å²) in [7, 11) is 0. The average Bonchev–Trinajstić information content (AvgIpc) is 2.04. The van der Waals surface area contributed by atoms with Gasteiger partial charge in [0.05, 0.1) is 11.5 Å². The molecule has 1 aromatic rings. The zero-order valence-electron chi connectivity index (χ0n) is 8.28. The lowest BCUT2D eigenvalue weighted by Crippen LogP contribution is -2.08. The van der Waals surface area contributed by atoms with Crippen LogP contribution in [0.1, 0.15) is 26.5 Å². The van der Waals surface area contributed by atoms with Crippen LogP contribution in [0.3, 0.4) is 0 Å². The predicted molar refractivity (Wildman–Crippen MR) is 54.3 cm³/mol. The lowest BCUT2D eigenvalue weighted by Gasteiger charge is -2.16. The lowest BCUT2D eigenvalue weighted by molar-refractivity contribution is 0.282. The van der Waals surface area contributed by atoms with Crippen molar-refractivity contribution in [1.29, 1.82) is 0 Å². The van der Waals surface area contributed by atoms with E-state index in [4.69, 9.17) is 0 Å². The van der Waals surface area contributed by atoms with Gasteiger partial charge >= 0.3 is 0 Å². The summed E-state index contributed by atoms with van der Waals surface area (Å²) in [6, 6.07) is 5.61. The monoisotopic (exact) mass is 177 g/mol. The number of hydrogen-bond donors (Lipinski definition) is 1. The molecule has 13 heavy (non-hydrogen) atoms. The highest BCUT2D eigenvalue weighted by Gasteiger charge is 2.15. The molecule has 0 radical (unpaired) electrons. The Balaban J connectivity index is 2.90. The quantitative estimate of drug-likeness (QED) is 0.669. The van der Waals surface area contributed by atoms with Gasteiger partial charge in [-0.3, -0.25) is 4.98 Å². The fourth-order valence-electron chi connectivity index (χ4n) is 0.818. The van der Waals surface area contributed by atoms with Crippen molar-refractivity contribution in [3.63, 3.8) is 0 Å². The molecule has 1 heterocycles. The van der Waals surface area contributed by atoms with E-state index in [0.717, 1.165) is 5.69 Å². The van der Waals surface area contributed by atoms with Crippen molar-refractivity contribution >= 4 is 6.08 Å². The smallest absolute Gasteiger partial charge is 0.0997 e. The van der Waals surface area contributed by atoms with Crippen LogP contribution in [0, 0.1) is 5.41 Å². The Labute approximate surface area is 78.9 Å². The minimum atomic E-state index is -0.211. The molecule has 0 bridgehead atoms. The number of aliphatic hydroxyl groups excluding tert-OH is 1. The van der Waals surface area contributed by atoms with Crippen LogP contribution in [0.4, 0.5) is 0 Å². The first kappa shape index (κ1) is 9.78. The van der Waals surface area contributed by atoms with Crippen molar-refractivity contribution in [2.45, 2.75) is 20.8 Å². The third-order valence-corrected chi connectivity index (χ3v) is 1.74. The summed E-state index contributed by atoms with van der Waals surface area (Å²) in [5.74, 6) is 0.353. The summed E-state index contributed by atoms with van der Waals surface area (Å²) >= 11 is 0. The van der Waals surface area contributed by atoms with Gasteiger partial charge in [0.15, 0.2) is 0 Å². The predicted octanol–water partition coefficient (Wildman–Crippen LogP) is 3.03. The summed E-state index contributed by atoms with van der Waals surface area (Å²) in [4.78, 5) is 4.10. The standard InChI is InChI=1S/C11H15NO/c1-11(2,3)10(13)8-9-6-4-5-7-12-9/h4-8,13H,1-3H3/b10-8-. The molecule has 0 aromatic carbocycles. The molecule has 0 aliphatic carbocycles. The maximum Gasteiger partial charge on any atom is 0.0997 e. The third-order valence-electron chi connectivity index (χ3n) is 1.74. The second-order valence-electron chi connectivity index (χ2n) is 4.03. The minimum Gasteiger partial charge on any atom is -0.512 e. The molecule has 0 aliphatic rings. The Morgan fingerprint density at radius 1 is 1.38 bits per heavy atom. The number of aromatic nitrogens is 1. The molecule has 1 rings (SSSR count). The Kier molecular flexibility index (Phi) is 2.71. The van der Waals surface area contributed by atoms with Crippen LogP contribution in [0.25, 0.3) is 6.08 Å². The molecular formula is C11H15NO. The molecule has 0 saturated heterocycles. The maximum atomic E-state index is 9.66. The van der Waals surface area contributed by atoms with Crippen LogP contribution in [0.2, 0.25) is 0 Å². The molecular weight excluding hydrogens is 162 g/mol. The van der Waals surface area contributed by atoms with Crippen LogP contribution < -0.4 is 0 Å².